The summed E-state index contributed by atoms with van der Waals surface area (Å²) in [6, 6.07) is 8.61. The van der Waals surface area contributed by atoms with E-state index in [1.165, 1.54) is 22.8 Å². The molecule has 4 nitrogen and oxygen atoms in total. The van der Waals surface area contributed by atoms with Gasteiger partial charge in [0.1, 0.15) is 5.82 Å². The van der Waals surface area contributed by atoms with E-state index in [9.17, 15) is 0 Å². The summed E-state index contributed by atoms with van der Waals surface area (Å²) in [5, 5.41) is 3.38. The maximum atomic E-state index is 4.69. The molecule has 0 atom stereocenters. The monoisotopic (exact) mass is 256 g/mol. The number of imidazole rings is 1. The molecule has 0 bridgehead atoms. The summed E-state index contributed by atoms with van der Waals surface area (Å²) in [7, 11) is 4.14. The number of hydrogen-bond donors (Lipinski definition) is 1. The highest BCUT2D eigenvalue weighted by molar-refractivity contribution is 5.53. The number of aromatic nitrogens is 2. The van der Waals surface area contributed by atoms with Crippen LogP contribution in [0.2, 0.25) is 0 Å². The van der Waals surface area contributed by atoms with E-state index >= 15 is 0 Å². The number of fused-ring (bicyclic) bond motifs is 1. The molecule has 100 valence electrons. The van der Waals surface area contributed by atoms with E-state index in [4.69, 9.17) is 0 Å². The highest BCUT2D eigenvalue weighted by Gasteiger charge is 2.18. The van der Waals surface area contributed by atoms with Crippen LogP contribution in [0.15, 0.2) is 24.3 Å². The quantitative estimate of drug-likeness (QED) is 0.891. The van der Waals surface area contributed by atoms with Crippen LogP contribution in [0.5, 0.6) is 0 Å². The summed E-state index contributed by atoms with van der Waals surface area (Å²) in [4.78, 5) is 6.82. The van der Waals surface area contributed by atoms with E-state index in [1.54, 1.807) is 0 Å². The molecule has 1 aromatic carbocycles. The fourth-order valence-corrected chi connectivity index (χ4v) is 2.70. The molecule has 2 heterocycles. The maximum Gasteiger partial charge on any atom is 0.110 e. The summed E-state index contributed by atoms with van der Waals surface area (Å²) < 4.78 is 2.29. The highest BCUT2D eigenvalue weighted by Crippen LogP contribution is 2.23. The molecule has 0 saturated heterocycles. The van der Waals surface area contributed by atoms with Crippen LogP contribution in [-0.4, -0.2) is 30.2 Å². The van der Waals surface area contributed by atoms with Crippen molar-refractivity contribution in [3.05, 3.63) is 41.5 Å². The predicted octanol–water partition coefficient (Wildman–Crippen LogP) is 1.89. The van der Waals surface area contributed by atoms with Gasteiger partial charge < -0.3 is 14.8 Å². The van der Waals surface area contributed by atoms with Gasteiger partial charge in [-0.3, -0.25) is 0 Å². The molecule has 1 aliphatic heterocycles. The lowest BCUT2D eigenvalue weighted by molar-refractivity contribution is 0.620. The van der Waals surface area contributed by atoms with Crippen LogP contribution in [0.3, 0.4) is 0 Å². The number of hydrogen-bond acceptors (Lipinski definition) is 3. The van der Waals surface area contributed by atoms with Crippen molar-refractivity contribution in [2.24, 2.45) is 0 Å². The summed E-state index contributed by atoms with van der Waals surface area (Å²) in [5.41, 5.74) is 4.97. The number of benzene rings is 1. The van der Waals surface area contributed by atoms with Crippen LogP contribution in [0, 0.1) is 6.92 Å². The lowest BCUT2D eigenvalue weighted by atomic mass is 10.1. The molecule has 0 amide bonds. The van der Waals surface area contributed by atoms with Crippen molar-refractivity contribution in [3.63, 3.8) is 0 Å². The lowest BCUT2D eigenvalue weighted by Gasteiger charge is -2.18. The van der Waals surface area contributed by atoms with Crippen molar-refractivity contribution < 1.29 is 0 Å². The Morgan fingerprint density at radius 3 is 2.95 bits per heavy atom. The van der Waals surface area contributed by atoms with E-state index in [2.05, 4.69) is 65.1 Å². The third kappa shape index (κ3) is 2.12. The van der Waals surface area contributed by atoms with Crippen molar-refractivity contribution in [1.82, 2.24) is 14.9 Å². The Balaban J connectivity index is 2.11. The van der Waals surface area contributed by atoms with Crippen LogP contribution in [-0.2, 0) is 13.0 Å². The molecule has 0 fully saturated rings. The molecule has 0 radical (unpaired) electrons. The minimum atomic E-state index is 0.885. The van der Waals surface area contributed by atoms with Crippen LogP contribution in [0.25, 0.3) is 5.69 Å². The molecule has 0 unspecified atom stereocenters. The Hall–Kier alpha value is -1.81. The molecule has 1 aliphatic rings. The molecule has 0 spiro atoms. The molecule has 19 heavy (non-hydrogen) atoms. The Kier molecular flexibility index (Phi) is 3.03. The van der Waals surface area contributed by atoms with Crippen LogP contribution < -0.4 is 10.2 Å². The summed E-state index contributed by atoms with van der Waals surface area (Å²) in [6.45, 7) is 4.00. The van der Waals surface area contributed by atoms with Gasteiger partial charge in [-0.15, -0.1) is 0 Å². The van der Waals surface area contributed by atoms with Gasteiger partial charge in [-0.05, 0) is 25.1 Å². The molecular weight excluding hydrogens is 236 g/mol. The first-order valence-electron chi connectivity index (χ1n) is 6.72. The second kappa shape index (κ2) is 4.70. The number of nitrogens with one attached hydrogen (secondary N) is 1. The predicted molar refractivity (Wildman–Crippen MR) is 78.0 cm³/mol. The first-order chi connectivity index (χ1) is 9.16. The van der Waals surface area contributed by atoms with Crippen molar-refractivity contribution in [2.75, 3.05) is 25.5 Å². The molecule has 1 aromatic heterocycles. The zero-order chi connectivity index (χ0) is 13.4. The maximum absolute atomic E-state index is 4.69. The Morgan fingerprint density at radius 1 is 1.32 bits per heavy atom. The van der Waals surface area contributed by atoms with Crippen LogP contribution >= 0.6 is 0 Å². The van der Waals surface area contributed by atoms with Gasteiger partial charge in [0.05, 0.1) is 5.69 Å². The fourth-order valence-electron chi connectivity index (χ4n) is 2.70. The van der Waals surface area contributed by atoms with Gasteiger partial charge in [-0.25, -0.2) is 4.98 Å². The van der Waals surface area contributed by atoms with E-state index in [0.29, 0.717) is 0 Å². The number of aryl methyl sites for hydroxylation is 1. The molecule has 1 N–H and O–H groups in total. The minimum absolute atomic E-state index is 0.885. The van der Waals surface area contributed by atoms with Crippen molar-refractivity contribution >= 4 is 5.69 Å². The van der Waals surface area contributed by atoms with Crippen LogP contribution in [0.1, 0.15) is 17.2 Å². The van der Waals surface area contributed by atoms with Gasteiger partial charge in [-0.1, -0.05) is 6.07 Å². The van der Waals surface area contributed by atoms with E-state index < -0.39 is 0 Å². The summed E-state index contributed by atoms with van der Waals surface area (Å²) >= 11 is 0. The Labute approximate surface area is 114 Å². The second-order valence-electron chi connectivity index (χ2n) is 5.23. The molecular formula is C15H20N4. The smallest absolute Gasteiger partial charge is 0.110 e. The first-order valence-corrected chi connectivity index (χ1v) is 6.72. The van der Waals surface area contributed by atoms with Gasteiger partial charge in [0, 0.05) is 50.7 Å². The molecule has 4 heteroatoms. The number of nitrogens with zero attached hydrogens (tertiary/aromatic N) is 3. The second-order valence-corrected chi connectivity index (χ2v) is 5.23. The average Bonchev–Trinajstić information content (AvgIpc) is 2.74. The van der Waals surface area contributed by atoms with E-state index in [0.717, 1.165) is 25.3 Å². The number of anilines is 1. The van der Waals surface area contributed by atoms with Crippen molar-refractivity contribution in [1.29, 1.82) is 0 Å². The van der Waals surface area contributed by atoms with Crippen molar-refractivity contribution in [3.8, 4) is 5.69 Å². The summed E-state index contributed by atoms with van der Waals surface area (Å²) in [6.07, 6.45) is 1.04. The lowest BCUT2D eigenvalue weighted by Crippen LogP contribution is -2.24. The van der Waals surface area contributed by atoms with Crippen molar-refractivity contribution in [2.45, 2.75) is 19.9 Å². The average molecular weight is 256 g/mol. The topological polar surface area (TPSA) is 33.1 Å². The van der Waals surface area contributed by atoms with Gasteiger partial charge in [-0.2, -0.15) is 0 Å². The standard InChI is InChI=1S/C15H20N4/c1-11-17-14-10-16-8-7-15(14)19(11)13-6-4-5-12(9-13)18(2)3/h4-6,9,16H,7-8,10H2,1-3H3. The SMILES string of the molecule is Cc1nc2c(n1-c1cccc(N(C)C)c1)CCNC2. The molecule has 3 rings (SSSR count). The van der Waals surface area contributed by atoms with Gasteiger partial charge in [0.15, 0.2) is 0 Å². The Morgan fingerprint density at radius 2 is 2.16 bits per heavy atom. The summed E-state index contributed by atoms with van der Waals surface area (Å²) in [5.74, 6) is 1.07. The third-order valence-electron chi connectivity index (χ3n) is 3.66. The molecule has 0 saturated carbocycles. The zero-order valence-corrected chi connectivity index (χ0v) is 11.8. The number of rotatable bonds is 2. The fraction of sp³-hybridized carbons (Fsp3) is 0.400. The Bertz CT molecular complexity index is 598. The minimum Gasteiger partial charge on any atom is -0.378 e. The van der Waals surface area contributed by atoms with Crippen LogP contribution in [0.4, 0.5) is 5.69 Å². The first kappa shape index (κ1) is 12.2. The normalized spacial score (nSPS) is 14.3. The van der Waals surface area contributed by atoms with E-state index in [-0.39, 0.29) is 0 Å². The molecule has 2 aromatic rings. The molecule has 0 aliphatic carbocycles. The third-order valence-corrected chi connectivity index (χ3v) is 3.66. The van der Waals surface area contributed by atoms with Gasteiger partial charge >= 0.3 is 0 Å². The highest BCUT2D eigenvalue weighted by atomic mass is 15.1. The zero-order valence-electron chi connectivity index (χ0n) is 11.8. The van der Waals surface area contributed by atoms with Gasteiger partial charge in [0.2, 0.25) is 0 Å². The largest absolute Gasteiger partial charge is 0.378 e. The van der Waals surface area contributed by atoms with Gasteiger partial charge in [0.25, 0.3) is 0 Å². The van der Waals surface area contributed by atoms with E-state index in [1.807, 2.05) is 0 Å².